The lowest BCUT2D eigenvalue weighted by Gasteiger charge is -2.28. The minimum absolute atomic E-state index is 0.448. The first-order valence-electron chi connectivity index (χ1n) is 19.1. The van der Waals surface area contributed by atoms with Crippen LogP contribution in [0.1, 0.15) is 140 Å². The van der Waals surface area contributed by atoms with E-state index in [2.05, 4.69) is 102 Å². The molecule has 0 heterocycles. The van der Waals surface area contributed by atoms with Crippen LogP contribution in [-0.2, 0) is 0 Å². The molecule has 0 radical (unpaired) electrons. The minimum Gasteiger partial charge on any atom is -0.491 e. The Morgan fingerprint density at radius 1 is 0.457 bits per heavy atom. The summed E-state index contributed by atoms with van der Waals surface area (Å²) in [5.74, 6) is 2.13. The summed E-state index contributed by atoms with van der Waals surface area (Å²) in [6.07, 6.45) is 19.4. The van der Waals surface area contributed by atoms with Crippen LogP contribution in [-0.4, -0.2) is 61.3 Å². The summed E-state index contributed by atoms with van der Waals surface area (Å²) in [7, 11) is 0. The van der Waals surface area contributed by atoms with Gasteiger partial charge in [0.2, 0.25) is 0 Å². The van der Waals surface area contributed by atoms with Gasteiger partial charge in [-0.15, -0.1) is 0 Å². The Morgan fingerprint density at radius 2 is 0.717 bits per heavy atom. The van der Waals surface area contributed by atoms with Gasteiger partial charge >= 0.3 is 0 Å². The summed E-state index contributed by atoms with van der Waals surface area (Å²) in [6.45, 7) is 23.8. The molecule has 2 aromatic rings. The number of para-hydroxylation sites is 2. The Hall–Kier alpha value is -2.04. The number of ether oxygens (including phenoxy) is 2. The third kappa shape index (κ3) is 15.7. The van der Waals surface area contributed by atoms with Crippen LogP contribution in [0.15, 0.2) is 36.4 Å². The van der Waals surface area contributed by atoms with Crippen LogP contribution in [0.25, 0.3) is 0 Å². The van der Waals surface area contributed by atoms with E-state index >= 15 is 0 Å². The van der Waals surface area contributed by atoms with E-state index in [4.69, 9.17) is 9.47 Å². The van der Waals surface area contributed by atoms with Gasteiger partial charge in [0.05, 0.1) is 0 Å². The summed E-state index contributed by atoms with van der Waals surface area (Å²) in [6, 6.07) is 13.7. The zero-order valence-electron chi connectivity index (χ0n) is 31.5. The van der Waals surface area contributed by atoms with Crippen LogP contribution in [0.3, 0.4) is 0 Å². The maximum absolute atomic E-state index is 6.24. The Morgan fingerprint density at radius 3 is 0.978 bits per heavy atom. The van der Waals surface area contributed by atoms with Crippen molar-refractivity contribution in [1.29, 1.82) is 0 Å². The average Bonchev–Trinajstić information content (AvgIpc) is 3.03. The number of hydrogen-bond acceptors (Lipinski definition) is 4. The Balaban J connectivity index is 1.39. The van der Waals surface area contributed by atoms with Crippen molar-refractivity contribution in [3.05, 3.63) is 58.7 Å². The predicted molar refractivity (Wildman–Crippen MR) is 201 cm³/mol. The fraction of sp³-hybridized carbons (Fsp3) is 0.714. The molecule has 0 amide bonds. The topological polar surface area (TPSA) is 24.9 Å². The molecule has 4 heteroatoms. The van der Waals surface area contributed by atoms with Crippen molar-refractivity contribution in [2.75, 3.05) is 39.4 Å². The first-order valence-corrected chi connectivity index (χ1v) is 19.1. The van der Waals surface area contributed by atoms with E-state index in [1.165, 1.54) is 125 Å². The van der Waals surface area contributed by atoms with Crippen molar-refractivity contribution in [3.63, 3.8) is 0 Å². The summed E-state index contributed by atoms with van der Waals surface area (Å²) >= 11 is 0. The molecule has 2 aromatic carbocycles. The van der Waals surface area contributed by atoms with Crippen LogP contribution in [0.4, 0.5) is 0 Å². The van der Waals surface area contributed by atoms with Gasteiger partial charge in [0, 0.05) is 12.1 Å². The third-order valence-electron chi connectivity index (χ3n) is 9.95. The largest absolute Gasteiger partial charge is 0.491 e. The number of benzene rings is 2. The molecular formula is C42H72N2O2. The van der Waals surface area contributed by atoms with E-state index < -0.39 is 0 Å². The van der Waals surface area contributed by atoms with Crippen molar-refractivity contribution >= 4 is 0 Å². The van der Waals surface area contributed by atoms with Crippen LogP contribution in [0.2, 0.25) is 0 Å². The Kier molecular flexibility index (Phi) is 21.1. The summed E-state index contributed by atoms with van der Waals surface area (Å²) in [5, 5.41) is 0. The number of hydrogen-bond donors (Lipinski definition) is 0. The van der Waals surface area contributed by atoms with Gasteiger partial charge in [-0.05, 0) is 103 Å². The molecular weight excluding hydrogens is 564 g/mol. The van der Waals surface area contributed by atoms with E-state index in [9.17, 15) is 0 Å². The van der Waals surface area contributed by atoms with Gasteiger partial charge in [-0.3, -0.25) is 9.80 Å². The molecule has 0 saturated carbocycles. The highest BCUT2D eigenvalue weighted by molar-refractivity contribution is 5.40. The van der Waals surface area contributed by atoms with Crippen LogP contribution >= 0.6 is 0 Å². The lowest BCUT2D eigenvalue weighted by molar-refractivity contribution is 0.148. The van der Waals surface area contributed by atoms with Gasteiger partial charge in [0.25, 0.3) is 0 Å². The fourth-order valence-electron chi connectivity index (χ4n) is 6.80. The van der Waals surface area contributed by atoms with Crippen molar-refractivity contribution in [3.8, 4) is 11.5 Å². The average molecular weight is 637 g/mol. The van der Waals surface area contributed by atoms with Crippen molar-refractivity contribution in [2.24, 2.45) is 0 Å². The molecule has 2 rings (SSSR count). The molecule has 0 aliphatic rings. The second-order valence-corrected chi connectivity index (χ2v) is 14.0. The summed E-state index contributed by atoms with van der Waals surface area (Å²) < 4.78 is 12.5. The van der Waals surface area contributed by atoms with E-state index in [0.717, 1.165) is 37.8 Å². The van der Waals surface area contributed by atoms with E-state index in [-0.39, 0.29) is 0 Å². The Labute approximate surface area is 285 Å². The van der Waals surface area contributed by atoms with Crippen LogP contribution < -0.4 is 9.47 Å². The number of unbranched alkanes of at least 4 members (excludes halogenated alkanes) is 13. The smallest absolute Gasteiger partial charge is 0.125 e. The zero-order chi connectivity index (χ0) is 33.6. The molecule has 0 spiro atoms. The number of rotatable bonds is 27. The lowest BCUT2D eigenvalue weighted by atomic mass is 10.0. The number of nitrogens with zero attached hydrogens (tertiary/aromatic N) is 2. The predicted octanol–water partition coefficient (Wildman–Crippen LogP) is 11.3. The monoisotopic (exact) mass is 637 g/mol. The molecule has 0 fully saturated rings. The summed E-state index contributed by atoms with van der Waals surface area (Å²) in [5.41, 5.74) is 4.94. The van der Waals surface area contributed by atoms with E-state index in [0.29, 0.717) is 12.1 Å². The first-order chi connectivity index (χ1) is 22.3. The van der Waals surface area contributed by atoms with Crippen LogP contribution in [0.5, 0.6) is 11.5 Å². The zero-order valence-corrected chi connectivity index (χ0v) is 31.5. The van der Waals surface area contributed by atoms with Gasteiger partial charge in [-0.1, -0.05) is 127 Å². The molecule has 46 heavy (non-hydrogen) atoms. The maximum Gasteiger partial charge on any atom is 0.125 e. The molecule has 2 unspecified atom stereocenters. The van der Waals surface area contributed by atoms with Crippen LogP contribution in [0, 0.1) is 27.7 Å². The third-order valence-corrected chi connectivity index (χ3v) is 9.95. The Bertz CT molecular complexity index is 930. The summed E-state index contributed by atoms with van der Waals surface area (Å²) in [4.78, 5) is 5.16. The standard InChI is InChI=1S/C42H72N2O2/c1-9-43(39(7)33-45-41-35(3)27-25-28-36(41)4)31-23-21-19-17-15-13-11-12-14-16-18-20-22-24-32-44(10-2)40(8)34-46-42-37(5)29-26-30-38(42)6/h25-30,39-40H,9-24,31-34H2,1-8H3. The van der Waals surface area contributed by atoms with Crippen molar-refractivity contribution in [2.45, 2.75) is 157 Å². The second kappa shape index (κ2) is 24.2. The molecule has 0 bridgehead atoms. The maximum atomic E-state index is 6.24. The highest BCUT2D eigenvalue weighted by Crippen LogP contribution is 2.24. The lowest BCUT2D eigenvalue weighted by Crippen LogP contribution is -2.38. The SMILES string of the molecule is CCN(CCCCCCCCCCCCCCCCN(CC)C(C)COc1c(C)cccc1C)C(C)COc1c(C)cccc1C. The second-order valence-electron chi connectivity index (χ2n) is 14.0. The van der Waals surface area contributed by atoms with Crippen molar-refractivity contribution < 1.29 is 9.47 Å². The number of aryl methyl sites for hydroxylation is 4. The molecule has 2 atom stereocenters. The molecule has 4 nitrogen and oxygen atoms in total. The molecule has 0 aliphatic heterocycles. The highest BCUT2D eigenvalue weighted by atomic mass is 16.5. The fourth-order valence-corrected chi connectivity index (χ4v) is 6.80. The van der Waals surface area contributed by atoms with E-state index in [1.54, 1.807) is 0 Å². The molecule has 0 N–H and O–H groups in total. The normalized spacial score (nSPS) is 13.0. The minimum atomic E-state index is 0.448. The molecule has 0 saturated heterocycles. The molecule has 0 aromatic heterocycles. The van der Waals surface area contributed by atoms with Gasteiger partial charge in [0.15, 0.2) is 0 Å². The molecule has 262 valence electrons. The van der Waals surface area contributed by atoms with Gasteiger partial charge in [0.1, 0.15) is 24.7 Å². The quantitative estimate of drug-likeness (QED) is 0.0911. The van der Waals surface area contributed by atoms with Gasteiger partial charge in [-0.2, -0.15) is 0 Å². The van der Waals surface area contributed by atoms with Gasteiger partial charge in [-0.25, -0.2) is 0 Å². The van der Waals surface area contributed by atoms with E-state index in [1.807, 2.05) is 0 Å². The number of likely N-dealkylation sites (N-methyl/N-ethyl adjacent to an activating group) is 2. The molecule has 0 aliphatic carbocycles. The highest BCUT2D eigenvalue weighted by Gasteiger charge is 2.15. The first kappa shape index (κ1) is 40.1. The van der Waals surface area contributed by atoms with Gasteiger partial charge < -0.3 is 9.47 Å². The van der Waals surface area contributed by atoms with Crippen molar-refractivity contribution in [1.82, 2.24) is 9.80 Å².